The van der Waals surface area contributed by atoms with Gasteiger partial charge in [0.25, 0.3) is 10.0 Å². The molecule has 1 atom stereocenters. The zero-order valence-electron chi connectivity index (χ0n) is 12.9. The van der Waals surface area contributed by atoms with E-state index in [0.717, 1.165) is 5.56 Å². The second-order valence-electron chi connectivity index (χ2n) is 5.52. The van der Waals surface area contributed by atoms with Gasteiger partial charge < -0.3 is 4.74 Å². The molecule has 1 aromatic heterocycles. The summed E-state index contributed by atoms with van der Waals surface area (Å²) in [5, 5.41) is 4.06. The molecule has 8 heteroatoms. The van der Waals surface area contributed by atoms with Crippen molar-refractivity contribution in [3.05, 3.63) is 47.4 Å². The Morgan fingerprint density at radius 3 is 2.78 bits per heavy atom. The van der Waals surface area contributed by atoms with Crippen molar-refractivity contribution in [2.75, 3.05) is 19.7 Å². The van der Waals surface area contributed by atoms with E-state index in [1.165, 1.54) is 27.3 Å². The largest absolute Gasteiger partial charge is 0.371 e. The van der Waals surface area contributed by atoms with Crippen molar-refractivity contribution >= 4 is 10.0 Å². The summed E-state index contributed by atoms with van der Waals surface area (Å²) >= 11 is 0. The molecule has 0 bridgehead atoms. The highest BCUT2D eigenvalue weighted by Gasteiger charge is 2.33. The molecule has 0 unspecified atom stereocenters. The Hall–Kier alpha value is -1.77. The highest BCUT2D eigenvalue weighted by atomic mass is 32.2. The molecule has 0 amide bonds. The topological polar surface area (TPSA) is 64.4 Å². The van der Waals surface area contributed by atoms with Gasteiger partial charge in [-0.1, -0.05) is 12.1 Å². The fourth-order valence-corrected chi connectivity index (χ4v) is 4.19. The van der Waals surface area contributed by atoms with Gasteiger partial charge in [-0.05, 0) is 30.2 Å². The summed E-state index contributed by atoms with van der Waals surface area (Å²) in [7, 11) is -2.04. The minimum absolute atomic E-state index is 0.147. The lowest BCUT2D eigenvalue weighted by molar-refractivity contribution is -0.00274. The van der Waals surface area contributed by atoms with Gasteiger partial charge in [-0.3, -0.25) is 4.68 Å². The lowest BCUT2D eigenvalue weighted by Crippen LogP contribution is -2.42. The summed E-state index contributed by atoms with van der Waals surface area (Å²) in [6.45, 7) is 2.44. The van der Waals surface area contributed by atoms with Crippen LogP contribution in [0, 0.1) is 12.7 Å². The van der Waals surface area contributed by atoms with Crippen LogP contribution >= 0.6 is 0 Å². The molecule has 124 valence electrons. The van der Waals surface area contributed by atoms with Crippen molar-refractivity contribution in [1.29, 1.82) is 0 Å². The van der Waals surface area contributed by atoms with Gasteiger partial charge in [0, 0.05) is 20.1 Å². The van der Waals surface area contributed by atoms with E-state index >= 15 is 0 Å². The molecule has 0 N–H and O–H groups in total. The standard InChI is InChI=1S/C15H18FN3O3S/c1-11-9-12(3-4-13(11)16)14-10-19(7-8-22-14)23(20,21)15-5-6-17-18(15)2/h3-6,9,14H,7-8,10H2,1-2H3/t14-/m0/s1. The average molecular weight is 339 g/mol. The Morgan fingerprint density at radius 2 is 2.13 bits per heavy atom. The van der Waals surface area contributed by atoms with Gasteiger partial charge in [0.1, 0.15) is 5.82 Å². The van der Waals surface area contributed by atoms with Gasteiger partial charge in [-0.25, -0.2) is 12.8 Å². The van der Waals surface area contributed by atoms with Gasteiger partial charge in [-0.15, -0.1) is 0 Å². The van der Waals surface area contributed by atoms with Gasteiger partial charge in [0.15, 0.2) is 5.03 Å². The fourth-order valence-electron chi connectivity index (χ4n) is 2.66. The average Bonchev–Trinajstić information content (AvgIpc) is 2.97. The van der Waals surface area contributed by atoms with Crippen molar-refractivity contribution in [2.24, 2.45) is 7.05 Å². The highest BCUT2D eigenvalue weighted by Crippen LogP contribution is 2.27. The number of rotatable bonds is 3. The number of hydrogen-bond acceptors (Lipinski definition) is 4. The van der Waals surface area contributed by atoms with E-state index in [-0.39, 0.29) is 30.5 Å². The summed E-state index contributed by atoms with van der Waals surface area (Å²) < 4.78 is 47.2. The first-order valence-electron chi connectivity index (χ1n) is 7.25. The molecule has 23 heavy (non-hydrogen) atoms. The van der Waals surface area contributed by atoms with Gasteiger partial charge in [0.05, 0.1) is 18.9 Å². The molecule has 1 saturated heterocycles. The molecule has 0 spiro atoms. The maximum absolute atomic E-state index is 13.4. The summed E-state index contributed by atoms with van der Waals surface area (Å²) in [5.41, 5.74) is 1.28. The lowest BCUT2D eigenvalue weighted by Gasteiger charge is -2.32. The molecule has 3 rings (SSSR count). The normalized spacial score (nSPS) is 19.9. The smallest absolute Gasteiger partial charge is 0.260 e. The minimum atomic E-state index is -3.63. The number of benzene rings is 1. The number of sulfonamides is 1. The quantitative estimate of drug-likeness (QED) is 0.853. The first-order chi connectivity index (χ1) is 10.9. The van der Waals surface area contributed by atoms with Crippen LogP contribution in [0.4, 0.5) is 4.39 Å². The molecule has 2 heterocycles. The van der Waals surface area contributed by atoms with E-state index < -0.39 is 16.1 Å². The van der Waals surface area contributed by atoms with Crippen LogP contribution in [0.1, 0.15) is 17.2 Å². The zero-order chi connectivity index (χ0) is 16.6. The van der Waals surface area contributed by atoms with E-state index in [4.69, 9.17) is 4.74 Å². The van der Waals surface area contributed by atoms with E-state index in [2.05, 4.69) is 5.10 Å². The molecular formula is C15H18FN3O3S. The van der Waals surface area contributed by atoms with E-state index in [1.807, 2.05) is 0 Å². The van der Waals surface area contributed by atoms with Crippen LogP contribution < -0.4 is 0 Å². The Labute approximate surface area is 134 Å². The fraction of sp³-hybridized carbons (Fsp3) is 0.400. The van der Waals surface area contributed by atoms with E-state index in [9.17, 15) is 12.8 Å². The molecule has 1 aliphatic rings. The van der Waals surface area contributed by atoms with Crippen LogP contribution in [0.25, 0.3) is 0 Å². The molecule has 0 aliphatic carbocycles. The number of morpholine rings is 1. The maximum atomic E-state index is 13.4. The Morgan fingerprint density at radius 1 is 1.35 bits per heavy atom. The monoisotopic (exact) mass is 339 g/mol. The van der Waals surface area contributed by atoms with E-state index in [0.29, 0.717) is 5.56 Å². The zero-order valence-corrected chi connectivity index (χ0v) is 13.8. The second-order valence-corrected chi connectivity index (χ2v) is 7.41. The Bertz CT molecular complexity index is 819. The molecule has 0 radical (unpaired) electrons. The number of halogens is 1. The summed E-state index contributed by atoms with van der Waals surface area (Å²) in [6.07, 6.45) is 1.04. The second kappa shape index (κ2) is 6.03. The van der Waals surface area contributed by atoms with E-state index in [1.54, 1.807) is 26.1 Å². The van der Waals surface area contributed by atoms with Crippen molar-refractivity contribution in [3.8, 4) is 0 Å². The first-order valence-corrected chi connectivity index (χ1v) is 8.69. The number of aromatic nitrogens is 2. The van der Waals surface area contributed by atoms with Crippen LogP contribution in [-0.4, -0.2) is 42.2 Å². The molecule has 1 aliphatic heterocycles. The highest BCUT2D eigenvalue weighted by molar-refractivity contribution is 7.89. The Balaban J connectivity index is 1.86. The van der Waals surface area contributed by atoms with Crippen molar-refractivity contribution in [1.82, 2.24) is 14.1 Å². The number of aryl methyl sites for hydroxylation is 2. The van der Waals surface area contributed by atoms with Crippen LogP contribution in [0.3, 0.4) is 0 Å². The van der Waals surface area contributed by atoms with Crippen molar-refractivity contribution in [2.45, 2.75) is 18.1 Å². The summed E-state index contributed by atoms with van der Waals surface area (Å²) in [6, 6.07) is 6.18. The van der Waals surface area contributed by atoms with Gasteiger partial charge >= 0.3 is 0 Å². The van der Waals surface area contributed by atoms with Crippen LogP contribution in [0.5, 0.6) is 0 Å². The van der Waals surface area contributed by atoms with Crippen LogP contribution in [0.15, 0.2) is 35.5 Å². The molecule has 0 saturated carbocycles. The SMILES string of the molecule is Cc1cc([C@@H]2CN(S(=O)(=O)c3ccnn3C)CCO2)ccc1F. The van der Waals surface area contributed by atoms with Crippen molar-refractivity contribution in [3.63, 3.8) is 0 Å². The number of nitrogens with zero attached hydrogens (tertiary/aromatic N) is 3. The summed E-state index contributed by atoms with van der Waals surface area (Å²) in [4.78, 5) is 0. The Kier molecular flexibility index (Phi) is 4.22. The number of ether oxygens (including phenoxy) is 1. The maximum Gasteiger partial charge on any atom is 0.260 e. The molecule has 1 fully saturated rings. The van der Waals surface area contributed by atoms with Crippen LogP contribution in [-0.2, 0) is 21.8 Å². The first kappa shape index (κ1) is 16.1. The molecule has 2 aromatic rings. The third-order valence-corrected chi connectivity index (χ3v) is 5.90. The van der Waals surface area contributed by atoms with Gasteiger partial charge in [0.2, 0.25) is 0 Å². The summed E-state index contributed by atoms with van der Waals surface area (Å²) in [5.74, 6) is -0.288. The minimum Gasteiger partial charge on any atom is -0.371 e. The van der Waals surface area contributed by atoms with Gasteiger partial charge in [-0.2, -0.15) is 9.40 Å². The third kappa shape index (κ3) is 3.01. The lowest BCUT2D eigenvalue weighted by atomic mass is 10.1. The molecule has 6 nitrogen and oxygen atoms in total. The van der Waals surface area contributed by atoms with Crippen molar-refractivity contribution < 1.29 is 17.5 Å². The third-order valence-electron chi connectivity index (χ3n) is 3.96. The number of hydrogen-bond donors (Lipinski definition) is 0. The van der Waals surface area contributed by atoms with Crippen LogP contribution in [0.2, 0.25) is 0 Å². The molecule has 1 aromatic carbocycles. The predicted octanol–water partition coefficient (Wildman–Crippen LogP) is 1.63. The predicted molar refractivity (Wildman–Crippen MR) is 81.8 cm³/mol. The molecular weight excluding hydrogens is 321 g/mol.